The lowest BCUT2D eigenvalue weighted by Gasteiger charge is -2.36. The Balaban J connectivity index is 3.48. The monoisotopic (exact) mass is 491 g/mol. The summed E-state index contributed by atoms with van der Waals surface area (Å²) in [7, 11) is 0. The van der Waals surface area contributed by atoms with Gasteiger partial charge in [-0.25, -0.2) is 4.79 Å². The molecule has 35 heavy (non-hydrogen) atoms. The molecule has 0 spiro atoms. The topological polar surface area (TPSA) is 108 Å². The molecule has 0 saturated carbocycles. The van der Waals surface area contributed by atoms with Gasteiger partial charge in [0, 0.05) is 12.1 Å². The summed E-state index contributed by atoms with van der Waals surface area (Å²) in [4.78, 5) is 41.2. The molecule has 198 valence electrons. The van der Waals surface area contributed by atoms with Crippen molar-refractivity contribution in [2.24, 2.45) is 0 Å². The number of benzene rings is 1. The Kier molecular flexibility index (Phi) is 11.2. The number of aryl methyl sites for hydroxylation is 2. The summed E-state index contributed by atoms with van der Waals surface area (Å²) in [5.74, 6) is -0.857. The maximum absolute atomic E-state index is 13.7. The van der Waals surface area contributed by atoms with Gasteiger partial charge in [-0.2, -0.15) is 0 Å². The van der Waals surface area contributed by atoms with Crippen molar-refractivity contribution in [3.05, 3.63) is 34.9 Å². The summed E-state index contributed by atoms with van der Waals surface area (Å²) in [6, 6.07) is 3.63. The van der Waals surface area contributed by atoms with Crippen LogP contribution in [-0.2, 0) is 14.3 Å². The van der Waals surface area contributed by atoms with E-state index < -0.39 is 41.8 Å². The zero-order valence-corrected chi connectivity index (χ0v) is 22.9. The largest absolute Gasteiger partial charge is 0.444 e. The van der Waals surface area contributed by atoms with E-state index in [1.165, 1.54) is 4.90 Å². The summed E-state index contributed by atoms with van der Waals surface area (Å²) in [5, 5.41) is 15.5. The second kappa shape index (κ2) is 12.9. The van der Waals surface area contributed by atoms with Crippen molar-refractivity contribution in [3.8, 4) is 0 Å². The van der Waals surface area contributed by atoms with Gasteiger partial charge >= 0.3 is 6.09 Å². The second-order valence-electron chi connectivity index (χ2n) is 11.2. The zero-order valence-electron chi connectivity index (χ0n) is 22.9. The predicted octanol–water partition coefficient (Wildman–Crippen LogP) is 4.16. The van der Waals surface area contributed by atoms with Crippen molar-refractivity contribution in [1.29, 1.82) is 0 Å². The maximum Gasteiger partial charge on any atom is 0.408 e. The van der Waals surface area contributed by atoms with Crippen LogP contribution in [0.25, 0.3) is 0 Å². The molecule has 3 N–H and O–H groups in total. The first-order valence-corrected chi connectivity index (χ1v) is 12.4. The van der Waals surface area contributed by atoms with Crippen LogP contribution < -0.4 is 10.6 Å². The molecule has 2 unspecified atom stereocenters. The van der Waals surface area contributed by atoms with Gasteiger partial charge in [-0.3, -0.25) is 9.59 Å². The van der Waals surface area contributed by atoms with E-state index in [9.17, 15) is 19.5 Å². The number of ether oxygens (including phenoxy) is 1. The summed E-state index contributed by atoms with van der Waals surface area (Å²) < 4.78 is 5.28. The van der Waals surface area contributed by atoms with Crippen molar-refractivity contribution in [1.82, 2.24) is 15.5 Å². The van der Waals surface area contributed by atoms with Gasteiger partial charge in [-0.1, -0.05) is 49.1 Å². The molecular formula is C27H45N3O5. The number of nitrogens with zero attached hydrogens (tertiary/aromatic N) is 1. The third kappa shape index (κ3) is 10.7. The molecule has 1 rings (SSSR count). The molecule has 0 aliphatic carbocycles. The first-order chi connectivity index (χ1) is 16.1. The lowest BCUT2D eigenvalue weighted by Crippen LogP contribution is -2.55. The molecule has 0 aliphatic rings. The Morgan fingerprint density at radius 3 is 2.03 bits per heavy atom. The summed E-state index contributed by atoms with van der Waals surface area (Å²) in [5.41, 5.74) is 1.35. The fourth-order valence-corrected chi connectivity index (χ4v) is 3.81. The minimum absolute atomic E-state index is 0.300. The van der Waals surface area contributed by atoms with Crippen molar-refractivity contribution in [3.63, 3.8) is 0 Å². The van der Waals surface area contributed by atoms with Gasteiger partial charge in [-0.15, -0.1) is 0 Å². The fourth-order valence-electron chi connectivity index (χ4n) is 3.81. The quantitative estimate of drug-likeness (QED) is 0.426. The number of hydrogen-bond donors (Lipinski definition) is 3. The molecular weight excluding hydrogens is 446 g/mol. The summed E-state index contributed by atoms with van der Waals surface area (Å²) >= 11 is 0. The highest BCUT2D eigenvalue weighted by Gasteiger charge is 2.37. The maximum atomic E-state index is 13.7. The first-order valence-electron chi connectivity index (χ1n) is 12.4. The summed E-state index contributed by atoms with van der Waals surface area (Å²) in [6.07, 6.45) is 1.68. The molecule has 0 aliphatic heterocycles. The fraction of sp³-hybridized carbons (Fsp3) is 0.667. The van der Waals surface area contributed by atoms with Crippen molar-refractivity contribution in [2.45, 2.75) is 105 Å². The van der Waals surface area contributed by atoms with Crippen molar-refractivity contribution in [2.75, 3.05) is 13.2 Å². The van der Waals surface area contributed by atoms with E-state index in [2.05, 4.69) is 17.6 Å². The van der Waals surface area contributed by atoms with Crippen LogP contribution in [0, 0.1) is 13.8 Å². The molecule has 0 fully saturated rings. The van der Waals surface area contributed by atoms with Crippen LogP contribution in [0.2, 0.25) is 0 Å². The Bertz CT molecular complexity index is 850. The molecule has 3 amide bonds. The van der Waals surface area contributed by atoms with Gasteiger partial charge in [0.2, 0.25) is 11.8 Å². The van der Waals surface area contributed by atoms with Crippen LogP contribution in [0.3, 0.4) is 0 Å². The van der Waals surface area contributed by atoms with E-state index in [1.807, 2.05) is 52.8 Å². The third-order valence-corrected chi connectivity index (χ3v) is 5.08. The number of unbranched alkanes of at least 4 members (excludes halogenated alkanes) is 2. The Morgan fingerprint density at radius 2 is 1.57 bits per heavy atom. The molecule has 0 radical (unpaired) electrons. The summed E-state index contributed by atoms with van der Waals surface area (Å²) in [6.45, 7) is 16.4. The van der Waals surface area contributed by atoms with Gasteiger partial charge < -0.3 is 25.4 Å². The smallest absolute Gasteiger partial charge is 0.408 e. The minimum Gasteiger partial charge on any atom is -0.444 e. The first kappa shape index (κ1) is 30.4. The number of alkyl carbamates (subject to hydrolysis) is 1. The number of hydrogen-bond acceptors (Lipinski definition) is 5. The number of aliphatic hydroxyl groups is 1. The SMILES string of the molecule is CCCCCN(C(=O)C(CO)NC(=O)OC(C)(C)C)C(C(=O)NC(C)(C)C)c1cc(C)cc(C)c1. The number of nitrogens with one attached hydrogen (secondary N) is 2. The lowest BCUT2D eigenvalue weighted by atomic mass is 9.97. The van der Waals surface area contributed by atoms with E-state index in [1.54, 1.807) is 20.8 Å². The molecule has 0 bridgehead atoms. The highest BCUT2D eigenvalue weighted by Crippen LogP contribution is 2.26. The number of amides is 3. The van der Waals surface area contributed by atoms with Gasteiger partial charge in [0.1, 0.15) is 17.7 Å². The Labute approximate surface area is 210 Å². The highest BCUT2D eigenvalue weighted by atomic mass is 16.6. The van der Waals surface area contributed by atoms with Crippen molar-refractivity contribution >= 4 is 17.9 Å². The highest BCUT2D eigenvalue weighted by molar-refractivity contribution is 5.92. The molecule has 1 aromatic carbocycles. The number of rotatable bonds is 10. The zero-order chi connectivity index (χ0) is 27.0. The molecule has 0 aromatic heterocycles. The molecule has 8 heteroatoms. The van der Waals surface area contributed by atoms with Crippen LogP contribution in [-0.4, -0.2) is 58.2 Å². The average Bonchev–Trinajstić information content (AvgIpc) is 2.67. The van der Waals surface area contributed by atoms with Gasteiger partial charge in [0.05, 0.1) is 6.61 Å². The number of aliphatic hydroxyl groups excluding tert-OH is 1. The van der Waals surface area contributed by atoms with Crippen LogP contribution >= 0.6 is 0 Å². The van der Waals surface area contributed by atoms with E-state index in [-0.39, 0.29) is 5.91 Å². The van der Waals surface area contributed by atoms with Crippen LogP contribution in [0.15, 0.2) is 18.2 Å². The molecule has 8 nitrogen and oxygen atoms in total. The molecule has 2 atom stereocenters. The third-order valence-electron chi connectivity index (χ3n) is 5.08. The number of carbonyl (C=O) groups excluding carboxylic acids is 3. The Hall–Kier alpha value is -2.61. The number of carbonyl (C=O) groups is 3. The molecule has 1 aromatic rings. The average molecular weight is 492 g/mol. The Morgan fingerprint density at radius 1 is 1.00 bits per heavy atom. The lowest BCUT2D eigenvalue weighted by molar-refractivity contribution is -0.144. The van der Waals surface area contributed by atoms with E-state index in [0.717, 1.165) is 24.0 Å². The van der Waals surface area contributed by atoms with Crippen LogP contribution in [0.5, 0.6) is 0 Å². The van der Waals surface area contributed by atoms with E-state index in [0.29, 0.717) is 18.5 Å². The van der Waals surface area contributed by atoms with Crippen molar-refractivity contribution < 1.29 is 24.2 Å². The molecule has 0 saturated heterocycles. The van der Waals surface area contributed by atoms with Gasteiger partial charge in [0.15, 0.2) is 0 Å². The van der Waals surface area contributed by atoms with Crippen LogP contribution in [0.1, 0.15) is 90.5 Å². The standard InChI is InChI=1S/C27H45N3O5/c1-10-11-12-13-30(24(33)21(17-31)28-25(34)35-27(7,8)9)22(23(32)29-26(4,5)6)20-15-18(2)14-19(3)16-20/h14-16,21-22,31H,10-13,17H2,1-9H3,(H,28,34)(H,29,32). The normalized spacial score (nSPS) is 13.5. The minimum atomic E-state index is -1.25. The van der Waals surface area contributed by atoms with Gasteiger partial charge in [0.25, 0.3) is 0 Å². The van der Waals surface area contributed by atoms with E-state index in [4.69, 9.17) is 4.74 Å². The second-order valence-corrected chi connectivity index (χ2v) is 11.2. The van der Waals surface area contributed by atoms with Gasteiger partial charge in [-0.05, 0) is 67.4 Å². The molecule has 0 heterocycles. The van der Waals surface area contributed by atoms with E-state index >= 15 is 0 Å². The van der Waals surface area contributed by atoms with Crippen LogP contribution in [0.4, 0.5) is 4.79 Å². The predicted molar refractivity (Wildman–Crippen MR) is 138 cm³/mol.